The van der Waals surface area contributed by atoms with Gasteiger partial charge >= 0.3 is 0 Å². The van der Waals surface area contributed by atoms with Gasteiger partial charge in [0.15, 0.2) is 0 Å². The number of nitrogen functional groups attached to an aromatic ring is 1. The molecule has 0 saturated carbocycles. The molecule has 0 heterocycles. The molecule has 3 N–H and O–H groups in total. The van der Waals surface area contributed by atoms with Gasteiger partial charge < -0.3 is 11.1 Å². The van der Waals surface area contributed by atoms with Crippen molar-refractivity contribution in [2.45, 2.75) is 75.2 Å². The molecule has 0 bridgehead atoms. The van der Waals surface area contributed by atoms with Gasteiger partial charge in [-0.25, -0.2) is 0 Å². The molecule has 0 aliphatic carbocycles. The van der Waals surface area contributed by atoms with Crippen LogP contribution in [0.4, 0.5) is 11.4 Å². The summed E-state index contributed by atoms with van der Waals surface area (Å²) in [6.45, 7) is 16.4. The lowest BCUT2D eigenvalue weighted by molar-refractivity contribution is -0.132. The predicted molar refractivity (Wildman–Crippen MR) is 144 cm³/mol. The molecule has 0 fully saturated rings. The van der Waals surface area contributed by atoms with Crippen molar-refractivity contribution in [3.8, 4) is 0 Å². The molecule has 6 heteroatoms. The Labute approximate surface area is 210 Å². The van der Waals surface area contributed by atoms with Gasteiger partial charge in [-0.05, 0) is 45.0 Å². The van der Waals surface area contributed by atoms with Gasteiger partial charge in [-0.2, -0.15) is 0 Å². The lowest BCUT2D eigenvalue weighted by atomic mass is 9.88. The van der Waals surface area contributed by atoms with Gasteiger partial charge in [0, 0.05) is 22.2 Å². The van der Waals surface area contributed by atoms with Crippen LogP contribution in [0.15, 0.2) is 48.5 Å². The van der Waals surface area contributed by atoms with Crippen LogP contribution in [0, 0.1) is 24.7 Å². The Morgan fingerprint density at radius 3 is 1.37 bits per heavy atom. The van der Waals surface area contributed by atoms with Crippen LogP contribution in [0.3, 0.4) is 0 Å². The van der Waals surface area contributed by atoms with Gasteiger partial charge in [0.05, 0.1) is 12.8 Å². The first-order valence-electron chi connectivity index (χ1n) is 11.7. The van der Waals surface area contributed by atoms with Crippen LogP contribution in [-0.4, -0.2) is 23.3 Å². The molecule has 0 aliphatic rings. The Bertz CT molecular complexity index is 956. The maximum atomic E-state index is 11.7. The fourth-order valence-electron chi connectivity index (χ4n) is 2.31. The first-order chi connectivity index (χ1) is 15.9. The number of ketones is 3. The number of benzene rings is 2. The summed E-state index contributed by atoms with van der Waals surface area (Å²) in [5.74, 6) is -0.351. The summed E-state index contributed by atoms with van der Waals surface area (Å²) in [5.41, 5.74) is 8.53. The third-order valence-electron chi connectivity index (χ3n) is 4.82. The average Bonchev–Trinajstić information content (AvgIpc) is 2.71. The second-order valence-electron chi connectivity index (χ2n) is 10.7. The summed E-state index contributed by atoms with van der Waals surface area (Å²) in [6.07, 6.45) is 0.000869. The SMILES string of the molecule is CC(=O)CC(=O)C(C)(C)C.Cc1ccc(N)cc1.Cc1ccc(NC(=O)CC(=O)C(C)(C)C)cc1. The fourth-order valence-corrected chi connectivity index (χ4v) is 2.31. The van der Waals surface area contributed by atoms with Crippen molar-refractivity contribution in [3.63, 3.8) is 0 Å². The molecule has 35 heavy (non-hydrogen) atoms. The first-order valence-corrected chi connectivity index (χ1v) is 11.7. The van der Waals surface area contributed by atoms with Crippen molar-refractivity contribution in [1.29, 1.82) is 0 Å². The lowest BCUT2D eigenvalue weighted by Gasteiger charge is -2.16. The second-order valence-corrected chi connectivity index (χ2v) is 10.7. The van der Waals surface area contributed by atoms with Crippen LogP contribution in [0.1, 0.15) is 72.4 Å². The number of hydrogen-bond acceptors (Lipinski definition) is 5. The van der Waals surface area contributed by atoms with Crippen LogP contribution in [0.25, 0.3) is 0 Å². The van der Waals surface area contributed by atoms with E-state index in [4.69, 9.17) is 5.73 Å². The molecule has 2 aromatic rings. The first kappa shape index (κ1) is 31.7. The second kappa shape index (κ2) is 14.2. The van der Waals surface area contributed by atoms with E-state index in [-0.39, 0.29) is 41.5 Å². The zero-order valence-corrected chi connectivity index (χ0v) is 22.7. The summed E-state index contributed by atoms with van der Waals surface area (Å²) in [6, 6.07) is 15.3. The van der Waals surface area contributed by atoms with E-state index in [1.54, 1.807) is 0 Å². The monoisotopic (exact) mass is 482 g/mol. The molecular weight excluding hydrogens is 440 g/mol. The summed E-state index contributed by atoms with van der Waals surface area (Å²) < 4.78 is 0. The number of nitrogens with two attached hydrogens (primary N) is 1. The van der Waals surface area contributed by atoms with E-state index in [9.17, 15) is 19.2 Å². The number of Topliss-reactive ketones (excluding diaryl/α,β-unsaturated/α-hetero) is 3. The molecule has 0 unspecified atom stereocenters. The number of rotatable bonds is 5. The summed E-state index contributed by atoms with van der Waals surface area (Å²) in [5, 5.41) is 2.71. The molecule has 2 aromatic carbocycles. The maximum absolute atomic E-state index is 11.7. The quantitative estimate of drug-likeness (QED) is 0.396. The number of aryl methyl sites for hydroxylation is 2. The number of hydrogen-bond donors (Lipinski definition) is 2. The van der Waals surface area contributed by atoms with E-state index in [1.807, 2.05) is 104 Å². The Kier molecular flexibility index (Phi) is 12.9. The molecule has 0 aliphatic heterocycles. The number of carbonyl (C=O) groups excluding carboxylic acids is 4. The van der Waals surface area contributed by atoms with Crippen LogP contribution in [-0.2, 0) is 19.2 Å². The minimum Gasteiger partial charge on any atom is -0.399 e. The van der Waals surface area contributed by atoms with Gasteiger partial charge in [0.2, 0.25) is 5.91 Å². The van der Waals surface area contributed by atoms with E-state index in [2.05, 4.69) is 5.32 Å². The highest BCUT2D eigenvalue weighted by molar-refractivity contribution is 6.05. The van der Waals surface area contributed by atoms with Gasteiger partial charge in [-0.3, -0.25) is 19.2 Å². The predicted octanol–water partition coefficient (Wildman–Crippen LogP) is 6.10. The molecule has 0 aromatic heterocycles. The molecule has 6 nitrogen and oxygen atoms in total. The number of anilines is 2. The van der Waals surface area contributed by atoms with Gasteiger partial charge in [0.25, 0.3) is 0 Å². The van der Waals surface area contributed by atoms with Crippen LogP contribution >= 0.6 is 0 Å². The van der Waals surface area contributed by atoms with Crippen LogP contribution < -0.4 is 11.1 Å². The van der Waals surface area contributed by atoms with E-state index < -0.39 is 5.41 Å². The van der Waals surface area contributed by atoms with Crippen molar-refractivity contribution >= 4 is 34.6 Å². The molecule has 192 valence electrons. The lowest BCUT2D eigenvalue weighted by Crippen LogP contribution is -2.26. The average molecular weight is 483 g/mol. The highest BCUT2D eigenvalue weighted by Crippen LogP contribution is 2.18. The molecule has 0 atom stereocenters. The number of carbonyl (C=O) groups is 4. The summed E-state index contributed by atoms with van der Waals surface area (Å²) in [4.78, 5) is 44.8. The molecule has 0 spiro atoms. The molecule has 0 radical (unpaired) electrons. The third kappa shape index (κ3) is 15.3. The Morgan fingerprint density at radius 2 is 1.06 bits per heavy atom. The molecule has 0 saturated heterocycles. The van der Waals surface area contributed by atoms with Crippen molar-refractivity contribution in [3.05, 3.63) is 59.7 Å². The molecule has 1 amide bonds. The van der Waals surface area contributed by atoms with E-state index in [1.165, 1.54) is 12.5 Å². The van der Waals surface area contributed by atoms with E-state index in [0.717, 1.165) is 16.9 Å². The number of amides is 1. The van der Waals surface area contributed by atoms with Crippen LogP contribution in [0.5, 0.6) is 0 Å². The maximum Gasteiger partial charge on any atom is 0.231 e. The molecular formula is C29H42N2O4. The minimum atomic E-state index is -0.468. The normalized spacial score (nSPS) is 10.7. The van der Waals surface area contributed by atoms with Gasteiger partial charge in [-0.15, -0.1) is 0 Å². The Balaban J connectivity index is 0.000000544. The van der Waals surface area contributed by atoms with Gasteiger partial charge in [0.1, 0.15) is 17.3 Å². The zero-order chi connectivity index (χ0) is 27.4. The van der Waals surface area contributed by atoms with E-state index in [0.29, 0.717) is 0 Å². The largest absolute Gasteiger partial charge is 0.399 e. The molecule has 2 rings (SSSR count). The number of nitrogens with one attached hydrogen (secondary N) is 1. The highest BCUT2D eigenvalue weighted by atomic mass is 16.2. The zero-order valence-electron chi connectivity index (χ0n) is 22.7. The van der Waals surface area contributed by atoms with Crippen molar-refractivity contribution in [2.24, 2.45) is 10.8 Å². The standard InChI is InChI=1S/C14H19NO2.C8H14O2.C7H9N/c1-10-5-7-11(8-6-10)15-13(17)9-12(16)14(2,3)4;1-6(9)5-7(10)8(2,3)4;1-6-2-4-7(8)5-3-6/h5-8H,9H2,1-4H3,(H,15,17);5H2,1-4H3;2-5H,8H2,1H3. The van der Waals surface area contributed by atoms with Crippen LogP contribution in [0.2, 0.25) is 0 Å². The smallest absolute Gasteiger partial charge is 0.231 e. The summed E-state index contributed by atoms with van der Waals surface area (Å²) >= 11 is 0. The summed E-state index contributed by atoms with van der Waals surface area (Å²) in [7, 11) is 0. The van der Waals surface area contributed by atoms with Crippen molar-refractivity contribution in [2.75, 3.05) is 11.1 Å². The fraction of sp³-hybridized carbons (Fsp3) is 0.448. The van der Waals surface area contributed by atoms with Crippen molar-refractivity contribution in [1.82, 2.24) is 0 Å². The Hall–Kier alpha value is -3.28. The Morgan fingerprint density at radius 1 is 0.686 bits per heavy atom. The van der Waals surface area contributed by atoms with Crippen molar-refractivity contribution < 1.29 is 19.2 Å². The third-order valence-corrected chi connectivity index (χ3v) is 4.82. The topological polar surface area (TPSA) is 106 Å². The van der Waals surface area contributed by atoms with Gasteiger partial charge in [-0.1, -0.05) is 76.9 Å². The minimum absolute atomic E-state index is 0.0139. The highest BCUT2D eigenvalue weighted by Gasteiger charge is 2.23. The van der Waals surface area contributed by atoms with E-state index >= 15 is 0 Å².